The second-order valence-electron chi connectivity index (χ2n) is 9.82. The van der Waals surface area contributed by atoms with E-state index in [0.29, 0.717) is 58.9 Å². The fourth-order valence-electron chi connectivity index (χ4n) is 4.92. The van der Waals surface area contributed by atoms with E-state index in [-0.39, 0.29) is 17.9 Å². The van der Waals surface area contributed by atoms with Crippen molar-refractivity contribution in [1.82, 2.24) is 9.88 Å². The predicted molar refractivity (Wildman–Crippen MR) is 146 cm³/mol. The second kappa shape index (κ2) is 10.9. The third-order valence-corrected chi connectivity index (χ3v) is 7.23. The lowest BCUT2D eigenvalue weighted by atomic mass is 9.98. The Bertz CT molecular complexity index is 1410. The first kappa shape index (κ1) is 25.2. The molecule has 1 unspecified atom stereocenters. The van der Waals surface area contributed by atoms with Crippen LogP contribution in [0.1, 0.15) is 58.2 Å². The number of aryl methyl sites for hydroxylation is 1. The van der Waals surface area contributed by atoms with E-state index < -0.39 is 0 Å². The van der Waals surface area contributed by atoms with Crippen molar-refractivity contribution < 1.29 is 9.52 Å². The van der Waals surface area contributed by atoms with Crippen LogP contribution in [0.15, 0.2) is 72.8 Å². The first-order valence-electron chi connectivity index (χ1n) is 12.8. The molecule has 1 saturated carbocycles. The molecule has 1 aliphatic rings. The predicted octanol–water partition coefficient (Wildman–Crippen LogP) is 5.36. The molecule has 1 atom stereocenters. The Labute approximate surface area is 222 Å². The third-order valence-electron chi connectivity index (χ3n) is 7.00. The summed E-state index contributed by atoms with van der Waals surface area (Å²) in [5, 5.41) is 14.4. The zero-order valence-electron chi connectivity index (χ0n) is 20.9. The van der Waals surface area contributed by atoms with Gasteiger partial charge in [0.15, 0.2) is 0 Å². The highest BCUT2D eigenvalue weighted by Crippen LogP contribution is 2.45. The van der Waals surface area contributed by atoms with Crippen LogP contribution in [0, 0.1) is 18.0 Å². The third kappa shape index (κ3) is 5.45. The van der Waals surface area contributed by atoms with Gasteiger partial charge in [0.05, 0.1) is 12.5 Å². The van der Waals surface area contributed by atoms with Crippen LogP contribution in [0.3, 0.4) is 0 Å². The topological polar surface area (TPSA) is 86.2 Å². The van der Waals surface area contributed by atoms with E-state index in [1.807, 2.05) is 66.4 Å². The molecule has 6 nitrogen and oxygen atoms in total. The van der Waals surface area contributed by atoms with Crippen molar-refractivity contribution >= 4 is 28.5 Å². The molecule has 1 fully saturated rings. The minimum absolute atomic E-state index is 0.0681. The van der Waals surface area contributed by atoms with Crippen LogP contribution >= 0.6 is 11.6 Å². The van der Waals surface area contributed by atoms with Crippen LogP contribution in [0.2, 0.25) is 5.02 Å². The van der Waals surface area contributed by atoms with Gasteiger partial charge in [-0.3, -0.25) is 4.79 Å². The van der Waals surface area contributed by atoms with Crippen molar-refractivity contribution in [3.8, 4) is 0 Å². The number of halogens is 1. The maximum atomic E-state index is 13.9. The average Bonchev–Trinajstić information content (AvgIpc) is 3.74. The Morgan fingerprint density at radius 1 is 1.14 bits per heavy atom. The number of rotatable bonds is 9. The molecule has 0 spiro atoms. The average molecular weight is 515 g/mol. The van der Waals surface area contributed by atoms with E-state index >= 15 is 0 Å². The number of carbonyl (C=O) groups is 1. The Balaban J connectivity index is 1.68. The smallest absolute Gasteiger partial charge is 0.254 e. The van der Waals surface area contributed by atoms with Crippen molar-refractivity contribution in [3.63, 3.8) is 0 Å². The molecule has 1 amide bonds. The Kier molecular flexibility index (Phi) is 7.40. The van der Waals surface area contributed by atoms with E-state index in [9.17, 15) is 10.0 Å². The van der Waals surface area contributed by atoms with Crippen LogP contribution in [0.5, 0.6) is 0 Å². The molecule has 1 heterocycles. The number of amides is 1. The van der Waals surface area contributed by atoms with Crippen LogP contribution in [0.25, 0.3) is 11.0 Å². The van der Waals surface area contributed by atoms with Crippen molar-refractivity contribution in [1.29, 1.82) is 0 Å². The normalized spacial score (nSPS) is 14.0. The first-order chi connectivity index (χ1) is 18.0. The quantitative estimate of drug-likeness (QED) is 0.240. The molecule has 3 aromatic carbocycles. The minimum Gasteiger partial charge on any atom is -0.618 e. The summed E-state index contributed by atoms with van der Waals surface area (Å²) < 4.78 is 0.980. The summed E-state index contributed by atoms with van der Waals surface area (Å²) in [5.74, 6) is 0.160. The summed E-state index contributed by atoms with van der Waals surface area (Å²) >= 11 is 6.29. The molecular formula is C30H31ClN4O2. The highest BCUT2D eigenvalue weighted by Gasteiger charge is 2.43. The van der Waals surface area contributed by atoms with Gasteiger partial charge in [0, 0.05) is 23.2 Å². The number of hydrogen-bond acceptors (Lipinski definition) is 4. The fourth-order valence-corrected chi connectivity index (χ4v) is 5.08. The van der Waals surface area contributed by atoms with Crippen molar-refractivity contribution in [3.05, 3.63) is 111 Å². The van der Waals surface area contributed by atoms with Gasteiger partial charge in [0.1, 0.15) is 11.2 Å². The van der Waals surface area contributed by atoms with E-state index in [1.165, 1.54) is 0 Å². The largest absolute Gasteiger partial charge is 0.618 e. The Hall–Kier alpha value is -3.48. The van der Waals surface area contributed by atoms with E-state index in [2.05, 4.69) is 0 Å². The molecule has 1 aromatic heterocycles. The number of benzene rings is 3. The molecule has 0 saturated heterocycles. The number of nitrogens with two attached hydrogens (primary N) is 1. The van der Waals surface area contributed by atoms with Crippen molar-refractivity contribution in [2.75, 3.05) is 13.1 Å². The fraction of sp³-hybridized carbons (Fsp3) is 0.300. The van der Waals surface area contributed by atoms with E-state index in [0.717, 1.165) is 28.7 Å². The SMILES string of the molecule is Cc1ccc(C(=O)N(CCCN)C(c2nc3cc(Cl)ccc3[n+]([O-])c2Cc2ccccc2)C2CC2)cc1. The van der Waals surface area contributed by atoms with Gasteiger partial charge in [0.25, 0.3) is 5.91 Å². The number of carbonyl (C=O) groups excluding carboxylic acids is 1. The van der Waals surface area contributed by atoms with Gasteiger partial charge in [-0.1, -0.05) is 59.6 Å². The zero-order chi connectivity index (χ0) is 25.9. The zero-order valence-corrected chi connectivity index (χ0v) is 21.7. The van der Waals surface area contributed by atoms with E-state index in [1.54, 1.807) is 18.2 Å². The number of fused-ring (bicyclic) bond motifs is 1. The molecule has 190 valence electrons. The van der Waals surface area contributed by atoms with Crippen LogP contribution in [0.4, 0.5) is 0 Å². The van der Waals surface area contributed by atoms with Gasteiger partial charge in [-0.25, -0.2) is 4.98 Å². The van der Waals surface area contributed by atoms with E-state index in [4.69, 9.17) is 22.3 Å². The first-order valence-corrected chi connectivity index (χ1v) is 13.2. The van der Waals surface area contributed by atoms with Gasteiger partial charge in [0.2, 0.25) is 11.2 Å². The maximum Gasteiger partial charge on any atom is 0.254 e. The van der Waals surface area contributed by atoms with Gasteiger partial charge in [-0.05, 0) is 68.5 Å². The molecule has 37 heavy (non-hydrogen) atoms. The molecule has 2 N–H and O–H groups in total. The molecule has 0 bridgehead atoms. The molecule has 5 rings (SSSR count). The van der Waals surface area contributed by atoms with Gasteiger partial charge >= 0.3 is 0 Å². The lowest BCUT2D eigenvalue weighted by Crippen LogP contribution is -2.42. The number of aromatic nitrogens is 2. The number of hydrogen-bond donors (Lipinski definition) is 1. The van der Waals surface area contributed by atoms with Crippen LogP contribution in [-0.2, 0) is 6.42 Å². The summed E-state index contributed by atoms with van der Waals surface area (Å²) in [6.45, 7) is 2.96. The minimum atomic E-state index is -0.331. The van der Waals surface area contributed by atoms with Crippen LogP contribution in [-0.4, -0.2) is 28.9 Å². The van der Waals surface area contributed by atoms with Gasteiger partial charge in [-0.15, -0.1) is 0 Å². The standard InChI is InChI=1S/C30H31ClN4O2/c1-20-8-10-23(11-9-20)30(36)34(17-5-16-32)29(22-12-13-22)28-27(18-21-6-3-2-4-7-21)35(37)26-15-14-24(31)19-25(26)33-28/h2-4,6-11,14-15,19,22,29H,5,12-13,16-18,32H2,1H3. The lowest BCUT2D eigenvalue weighted by molar-refractivity contribution is -0.586. The highest BCUT2D eigenvalue weighted by molar-refractivity contribution is 6.31. The summed E-state index contributed by atoms with van der Waals surface area (Å²) in [6, 6.07) is 22.3. The van der Waals surface area contributed by atoms with Gasteiger partial charge < -0.3 is 15.8 Å². The lowest BCUT2D eigenvalue weighted by Gasteiger charge is -2.32. The summed E-state index contributed by atoms with van der Waals surface area (Å²) in [4.78, 5) is 20.9. The monoisotopic (exact) mass is 514 g/mol. The second-order valence-corrected chi connectivity index (χ2v) is 10.3. The Morgan fingerprint density at radius 3 is 2.54 bits per heavy atom. The molecule has 7 heteroatoms. The Morgan fingerprint density at radius 2 is 1.86 bits per heavy atom. The molecule has 1 aliphatic carbocycles. The van der Waals surface area contributed by atoms with Crippen molar-refractivity contribution in [2.45, 2.75) is 38.6 Å². The summed E-state index contributed by atoms with van der Waals surface area (Å²) in [6.07, 6.45) is 3.03. The highest BCUT2D eigenvalue weighted by atomic mass is 35.5. The molecule has 0 radical (unpaired) electrons. The van der Waals surface area contributed by atoms with Crippen LogP contribution < -0.4 is 10.5 Å². The summed E-state index contributed by atoms with van der Waals surface area (Å²) in [5.41, 5.74) is 10.8. The molecule has 0 aliphatic heterocycles. The molecular weight excluding hydrogens is 484 g/mol. The van der Waals surface area contributed by atoms with Gasteiger partial charge in [-0.2, -0.15) is 4.73 Å². The number of nitrogens with zero attached hydrogens (tertiary/aromatic N) is 3. The molecule has 4 aromatic rings. The summed E-state index contributed by atoms with van der Waals surface area (Å²) in [7, 11) is 0. The van der Waals surface area contributed by atoms with Crippen molar-refractivity contribution in [2.24, 2.45) is 11.7 Å². The maximum absolute atomic E-state index is 13.9.